The van der Waals surface area contributed by atoms with Crippen LogP contribution >= 0.6 is 69.6 Å². The van der Waals surface area contributed by atoms with Crippen molar-refractivity contribution in [3.05, 3.63) is 138 Å². The normalized spacial score (nSPS) is 15.0. The highest BCUT2D eigenvalue weighted by molar-refractivity contribution is 7.92. The van der Waals surface area contributed by atoms with Crippen LogP contribution in [0.2, 0.25) is 20.1 Å². The number of ether oxygens (including phenoxy) is 5. The topological polar surface area (TPSA) is 169 Å². The monoisotopic (exact) mass is 1160 g/mol. The number of alkyl halides is 2. The number of nitrogens with one attached hydrogen (secondary N) is 2. The zero-order valence-corrected chi connectivity index (χ0v) is 46.7. The summed E-state index contributed by atoms with van der Waals surface area (Å²) in [7, 11) is -6.87. The molecule has 2 aliphatic heterocycles. The molecule has 1 aromatic heterocycles. The fourth-order valence-electron chi connectivity index (χ4n) is 7.74. The fraction of sp³-hybridized carbons (Fsp3) is 0.412. The van der Waals surface area contributed by atoms with Gasteiger partial charge in [0, 0.05) is 29.2 Å². The Hall–Kier alpha value is -4.10. The Morgan fingerprint density at radius 3 is 1.56 bits per heavy atom. The predicted molar refractivity (Wildman–Crippen MR) is 297 cm³/mol. The summed E-state index contributed by atoms with van der Waals surface area (Å²) >= 11 is 37.2. The van der Waals surface area contributed by atoms with E-state index in [-0.39, 0.29) is 32.3 Å². The van der Waals surface area contributed by atoms with Crippen molar-refractivity contribution < 1.29 is 40.5 Å². The molecule has 0 aliphatic carbocycles. The Labute approximate surface area is 459 Å². The number of nitrogens with zero attached hydrogens (tertiary/aromatic N) is 3. The van der Waals surface area contributed by atoms with Crippen LogP contribution in [0.4, 0.5) is 5.69 Å². The van der Waals surface area contributed by atoms with Crippen molar-refractivity contribution in [2.75, 3.05) is 62.0 Å². The van der Waals surface area contributed by atoms with Gasteiger partial charge in [0.05, 0.1) is 68.5 Å². The predicted octanol–water partition coefficient (Wildman–Crippen LogP) is 12.6. The number of aromatic nitrogens is 2. The van der Waals surface area contributed by atoms with E-state index >= 15 is 0 Å². The lowest BCUT2D eigenvalue weighted by Gasteiger charge is -2.27. The number of allylic oxidation sites excluding steroid dienone is 1. The third-order valence-corrected chi connectivity index (χ3v) is 14.4. The summed E-state index contributed by atoms with van der Waals surface area (Å²) in [5.41, 5.74) is 5.21. The second-order valence-corrected chi connectivity index (χ2v) is 23.9. The maximum Gasteiger partial charge on any atom is 0.229 e. The number of rotatable bonds is 21. The average Bonchev–Trinajstić information content (AvgIpc) is 3.94. The second-order valence-electron chi connectivity index (χ2n) is 18.0. The Balaban J connectivity index is 0.000000271. The largest absolute Gasteiger partial charge is 0.489 e. The number of hydrogen-bond donors (Lipinski definition) is 2. The molecule has 7 rings (SSSR count). The molecule has 2 aliphatic rings. The summed E-state index contributed by atoms with van der Waals surface area (Å²) in [6.07, 6.45) is 7.99. The molecule has 5 aromatic rings. The molecule has 0 saturated carbocycles. The fourth-order valence-corrected chi connectivity index (χ4v) is 10.2. The molecular weight excluding hydrogens is 1100 g/mol. The molecule has 22 heteroatoms. The van der Waals surface area contributed by atoms with Crippen LogP contribution in [0.15, 0.2) is 95.3 Å². The van der Waals surface area contributed by atoms with Crippen LogP contribution < -0.4 is 28.4 Å². The summed E-state index contributed by atoms with van der Waals surface area (Å²) in [6, 6.07) is 22.8. The highest BCUT2D eigenvalue weighted by Gasteiger charge is 2.28. The van der Waals surface area contributed by atoms with E-state index in [1.165, 1.54) is 6.21 Å². The van der Waals surface area contributed by atoms with Crippen molar-refractivity contribution in [3.63, 3.8) is 0 Å². The lowest BCUT2D eigenvalue weighted by Crippen LogP contribution is -2.23. The van der Waals surface area contributed by atoms with E-state index in [1.807, 2.05) is 72.8 Å². The van der Waals surface area contributed by atoms with Crippen molar-refractivity contribution in [1.29, 1.82) is 0 Å². The van der Waals surface area contributed by atoms with Gasteiger partial charge in [-0.25, -0.2) is 21.5 Å². The first-order valence-corrected chi connectivity index (χ1v) is 29.1. The highest BCUT2D eigenvalue weighted by atomic mass is 35.5. The second kappa shape index (κ2) is 26.1. The van der Waals surface area contributed by atoms with Gasteiger partial charge in [0.2, 0.25) is 20.0 Å². The van der Waals surface area contributed by atoms with Gasteiger partial charge in [0.25, 0.3) is 0 Å². The number of hydrogen-bond acceptors (Lipinski definition) is 11. The minimum atomic E-state index is -3.49. The van der Waals surface area contributed by atoms with Crippen LogP contribution in [-0.4, -0.2) is 90.1 Å². The van der Waals surface area contributed by atoms with E-state index in [9.17, 15) is 16.8 Å². The first-order valence-electron chi connectivity index (χ1n) is 22.7. The average molecular weight is 1160 g/mol. The summed E-state index contributed by atoms with van der Waals surface area (Å²) in [4.78, 5) is 4.12. The number of halogens is 6. The van der Waals surface area contributed by atoms with Gasteiger partial charge in [-0.05, 0) is 90.0 Å². The molecule has 4 aromatic carbocycles. The first kappa shape index (κ1) is 59.8. The SMILES string of the molecule is C.CC(C)(c1ccc(OCC2=C(NS(C)(=O)=O)C=NC2)cc1)c1cc(Cl)c(OCCCl)c(Cl)c1.CC(C)(c1ccc(OCc2nn(C3CCCCO3)cc2NS(C)(=O)=O)cc1)c1cc(Cl)c(OCCCl)c(Cl)c1. The van der Waals surface area contributed by atoms with E-state index in [1.54, 1.807) is 10.9 Å². The molecule has 0 spiro atoms. The summed E-state index contributed by atoms with van der Waals surface area (Å²) < 4.78 is 82.2. The Kier molecular flexibility index (Phi) is 21.4. The van der Waals surface area contributed by atoms with Gasteiger partial charge in [-0.3, -0.25) is 14.4 Å². The Bertz CT molecular complexity index is 2920. The summed E-state index contributed by atoms with van der Waals surface area (Å²) in [5, 5.41) is 6.28. The molecule has 14 nitrogen and oxygen atoms in total. The molecule has 398 valence electrons. The van der Waals surface area contributed by atoms with Gasteiger partial charge in [-0.1, -0.05) is 106 Å². The van der Waals surface area contributed by atoms with E-state index in [4.69, 9.17) is 93.3 Å². The molecule has 0 amide bonds. The van der Waals surface area contributed by atoms with Crippen LogP contribution in [0, 0.1) is 0 Å². The van der Waals surface area contributed by atoms with Crippen LogP contribution in [0.1, 0.15) is 88.6 Å². The van der Waals surface area contributed by atoms with Gasteiger partial charge in [0.15, 0.2) is 11.5 Å². The summed E-state index contributed by atoms with van der Waals surface area (Å²) in [5.74, 6) is 2.80. The molecule has 1 unspecified atom stereocenters. The maximum absolute atomic E-state index is 11.9. The van der Waals surface area contributed by atoms with E-state index < -0.39 is 25.5 Å². The van der Waals surface area contributed by atoms with Crippen LogP contribution in [0.3, 0.4) is 0 Å². The van der Waals surface area contributed by atoms with Crippen molar-refractivity contribution in [1.82, 2.24) is 14.5 Å². The zero-order chi connectivity index (χ0) is 52.4. The molecule has 73 heavy (non-hydrogen) atoms. The maximum atomic E-state index is 11.9. The molecule has 1 saturated heterocycles. The molecule has 2 N–H and O–H groups in total. The molecule has 0 radical (unpaired) electrons. The van der Waals surface area contributed by atoms with Crippen LogP contribution in [-0.2, 0) is 42.2 Å². The Morgan fingerprint density at radius 1 is 0.671 bits per heavy atom. The van der Waals surface area contributed by atoms with E-state index in [0.29, 0.717) is 98.3 Å². The molecule has 0 bridgehead atoms. The van der Waals surface area contributed by atoms with Crippen molar-refractivity contribution in [3.8, 4) is 23.0 Å². The molecular formula is C51H61Cl6N5O9S2. The summed E-state index contributed by atoms with van der Waals surface area (Å²) in [6.45, 7) is 10.3. The van der Waals surface area contributed by atoms with Crippen LogP contribution in [0.25, 0.3) is 0 Å². The van der Waals surface area contributed by atoms with Crippen molar-refractivity contribution in [2.45, 2.75) is 78.0 Å². The number of benzene rings is 4. The van der Waals surface area contributed by atoms with Gasteiger partial charge < -0.3 is 23.7 Å². The lowest BCUT2D eigenvalue weighted by molar-refractivity contribution is -0.0398. The van der Waals surface area contributed by atoms with E-state index in [0.717, 1.165) is 59.6 Å². The van der Waals surface area contributed by atoms with Crippen molar-refractivity contribution in [2.24, 2.45) is 4.99 Å². The van der Waals surface area contributed by atoms with Crippen LogP contribution in [0.5, 0.6) is 23.0 Å². The third-order valence-electron chi connectivity index (χ3n) is 11.8. The molecule has 3 heterocycles. The molecule has 1 atom stereocenters. The minimum Gasteiger partial charge on any atom is -0.489 e. The van der Waals surface area contributed by atoms with Gasteiger partial charge in [-0.15, -0.1) is 23.2 Å². The van der Waals surface area contributed by atoms with Gasteiger partial charge in [-0.2, -0.15) is 5.10 Å². The van der Waals surface area contributed by atoms with E-state index in [2.05, 4.69) is 47.2 Å². The number of aliphatic imine (C=N–C) groups is 1. The quantitative estimate of drug-likeness (QED) is 0.0675. The Morgan fingerprint density at radius 2 is 1.14 bits per heavy atom. The smallest absolute Gasteiger partial charge is 0.229 e. The number of sulfonamides is 2. The third kappa shape index (κ3) is 16.4. The number of anilines is 1. The van der Waals surface area contributed by atoms with Gasteiger partial charge in [0.1, 0.15) is 49.8 Å². The lowest BCUT2D eigenvalue weighted by atomic mass is 9.78. The van der Waals surface area contributed by atoms with Gasteiger partial charge >= 0.3 is 0 Å². The van der Waals surface area contributed by atoms with Crippen molar-refractivity contribution >= 4 is 102 Å². The highest BCUT2D eigenvalue weighted by Crippen LogP contribution is 2.42. The minimum absolute atomic E-state index is 0. The molecule has 1 fully saturated rings. The zero-order valence-electron chi connectivity index (χ0n) is 40.5. The first-order chi connectivity index (χ1) is 34.0. The standard InChI is InChI=1S/C27H32Cl3N3O5S.C23H25Cl3N2O4S.CH4/c1-27(2,19-14-21(29)26(22(30)15-19)37-13-11-28)18-7-9-20(10-8-18)38-17-24-23(32-39(3,34)35)16-33(31-24)25-6-4-5-12-36-25;1-23(2,17-10-19(25)22(20(26)11-17)31-9-8-24)16-4-6-18(7-5-16)32-14-15-12-27-13-21(15)28-33(3,29)30;/h7-10,14-16,25,32H,4-6,11-13,17H2,1-3H3;4-7,10-11,13,28H,8-9,12,14H2,1-3H3;1H4.